The second-order valence-corrected chi connectivity index (χ2v) is 4.95. The highest BCUT2D eigenvalue weighted by atomic mass is 32.1. The second-order valence-electron chi connectivity index (χ2n) is 4.17. The number of tetrazole rings is 1. The Bertz CT molecular complexity index is 632. The predicted octanol–water partition coefficient (Wildman–Crippen LogP) is 2.90. The lowest BCUT2D eigenvalue weighted by molar-refractivity contribution is 0.781. The summed E-state index contributed by atoms with van der Waals surface area (Å²) >= 11 is 1.68. The van der Waals surface area contributed by atoms with E-state index in [1.54, 1.807) is 16.0 Å². The number of anilines is 1. The van der Waals surface area contributed by atoms with Crippen molar-refractivity contribution in [2.45, 2.75) is 13.0 Å². The minimum Gasteiger partial charge on any atom is -0.346 e. The molecule has 1 atom stereocenters. The zero-order valence-electron chi connectivity index (χ0n) is 10.4. The van der Waals surface area contributed by atoms with Crippen LogP contribution in [0.1, 0.15) is 18.5 Å². The number of aromatic nitrogens is 4. The third-order valence-electron chi connectivity index (χ3n) is 2.86. The molecule has 2 aromatic heterocycles. The van der Waals surface area contributed by atoms with Crippen molar-refractivity contribution in [2.75, 3.05) is 5.32 Å². The highest BCUT2D eigenvalue weighted by Gasteiger charge is 2.12. The maximum atomic E-state index is 4.04. The van der Waals surface area contributed by atoms with Gasteiger partial charge in [0.1, 0.15) is 0 Å². The number of hydrogen-bond acceptors (Lipinski definition) is 5. The smallest absolute Gasteiger partial charge is 0.248 e. The average Bonchev–Trinajstić information content (AvgIpc) is 3.11. The van der Waals surface area contributed by atoms with E-state index in [0.29, 0.717) is 5.95 Å². The molecule has 2 heterocycles. The molecule has 0 saturated heterocycles. The summed E-state index contributed by atoms with van der Waals surface area (Å²) in [4.78, 5) is 0. The van der Waals surface area contributed by atoms with Crippen molar-refractivity contribution < 1.29 is 0 Å². The van der Waals surface area contributed by atoms with Crippen LogP contribution in [0.3, 0.4) is 0 Å². The standard InChI is InChI=1S/C13H13N5S/c1-10(11-7-8-19-9-11)14-13-15-16-17-18(13)12-5-3-2-4-6-12/h2-10H,1H3,(H,14,15,17). The van der Waals surface area contributed by atoms with Crippen LogP contribution < -0.4 is 5.32 Å². The maximum Gasteiger partial charge on any atom is 0.248 e. The van der Waals surface area contributed by atoms with E-state index in [1.165, 1.54) is 5.56 Å². The van der Waals surface area contributed by atoms with Crippen molar-refractivity contribution in [3.8, 4) is 5.69 Å². The van der Waals surface area contributed by atoms with Gasteiger partial charge in [-0.1, -0.05) is 23.3 Å². The highest BCUT2D eigenvalue weighted by molar-refractivity contribution is 7.07. The highest BCUT2D eigenvalue weighted by Crippen LogP contribution is 2.20. The molecular formula is C13H13N5S. The van der Waals surface area contributed by atoms with E-state index in [0.717, 1.165) is 5.69 Å². The zero-order chi connectivity index (χ0) is 13.1. The van der Waals surface area contributed by atoms with Crippen LogP contribution in [-0.2, 0) is 0 Å². The van der Waals surface area contributed by atoms with Crippen LogP contribution in [0.2, 0.25) is 0 Å². The Balaban J connectivity index is 1.85. The fraction of sp³-hybridized carbons (Fsp3) is 0.154. The van der Waals surface area contributed by atoms with Gasteiger partial charge in [0, 0.05) is 0 Å². The minimum absolute atomic E-state index is 0.166. The molecule has 96 valence electrons. The van der Waals surface area contributed by atoms with Gasteiger partial charge in [0.05, 0.1) is 11.7 Å². The number of para-hydroxylation sites is 1. The Labute approximate surface area is 114 Å². The summed E-state index contributed by atoms with van der Waals surface area (Å²) < 4.78 is 1.70. The number of nitrogens with one attached hydrogen (secondary N) is 1. The molecular weight excluding hydrogens is 258 g/mol. The number of nitrogens with zero attached hydrogens (tertiary/aromatic N) is 4. The van der Waals surface area contributed by atoms with E-state index in [4.69, 9.17) is 0 Å². The van der Waals surface area contributed by atoms with E-state index < -0.39 is 0 Å². The molecule has 0 amide bonds. The molecule has 1 aromatic carbocycles. The lowest BCUT2D eigenvalue weighted by Gasteiger charge is -2.13. The molecule has 0 aliphatic rings. The molecule has 0 bridgehead atoms. The van der Waals surface area contributed by atoms with Crippen molar-refractivity contribution in [1.29, 1.82) is 0 Å². The van der Waals surface area contributed by atoms with Crippen LogP contribution in [0.25, 0.3) is 5.69 Å². The molecule has 0 radical (unpaired) electrons. The summed E-state index contributed by atoms with van der Waals surface area (Å²) in [6.07, 6.45) is 0. The van der Waals surface area contributed by atoms with Crippen LogP contribution in [-0.4, -0.2) is 20.2 Å². The Morgan fingerprint density at radius 2 is 2.05 bits per heavy atom. The first kappa shape index (κ1) is 11.9. The summed E-state index contributed by atoms with van der Waals surface area (Å²) in [5.41, 5.74) is 2.17. The first-order valence-corrected chi connectivity index (χ1v) is 6.91. The number of hydrogen-bond donors (Lipinski definition) is 1. The topological polar surface area (TPSA) is 55.6 Å². The van der Waals surface area contributed by atoms with Gasteiger partial charge in [-0.25, -0.2) is 0 Å². The number of benzene rings is 1. The summed E-state index contributed by atoms with van der Waals surface area (Å²) in [6.45, 7) is 2.09. The first-order valence-electron chi connectivity index (χ1n) is 5.97. The number of rotatable bonds is 4. The molecule has 0 aliphatic carbocycles. The average molecular weight is 271 g/mol. The van der Waals surface area contributed by atoms with Crippen molar-refractivity contribution in [3.05, 3.63) is 52.7 Å². The van der Waals surface area contributed by atoms with Gasteiger partial charge < -0.3 is 5.32 Å². The van der Waals surface area contributed by atoms with Crippen LogP contribution in [0.5, 0.6) is 0 Å². The molecule has 6 heteroatoms. The Kier molecular flexibility index (Phi) is 3.24. The van der Waals surface area contributed by atoms with Gasteiger partial charge >= 0.3 is 0 Å². The third kappa shape index (κ3) is 2.48. The van der Waals surface area contributed by atoms with Gasteiger partial charge in [-0.2, -0.15) is 16.0 Å². The lowest BCUT2D eigenvalue weighted by atomic mass is 10.2. The number of thiophene rings is 1. The molecule has 0 spiro atoms. The molecule has 1 unspecified atom stereocenters. The summed E-state index contributed by atoms with van der Waals surface area (Å²) in [6, 6.07) is 12.1. The second kappa shape index (κ2) is 5.19. The zero-order valence-corrected chi connectivity index (χ0v) is 11.2. The molecule has 0 aliphatic heterocycles. The van der Waals surface area contributed by atoms with Gasteiger partial charge in [0.15, 0.2) is 0 Å². The molecule has 19 heavy (non-hydrogen) atoms. The third-order valence-corrected chi connectivity index (χ3v) is 3.56. The van der Waals surface area contributed by atoms with Gasteiger partial charge in [-0.3, -0.25) is 0 Å². The van der Waals surface area contributed by atoms with Crippen molar-refractivity contribution in [3.63, 3.8) is 0 Å². The summed E-state index contributed by atoms with van der Waals surface area (Å²) in [5.74, 6) is 0.643. The normalized spacial score (nSPS) is 12.3. The minimum atomic E-state index is 0.166. The molecule has 5 nitrogen and oxygen atoms in total. The predicted molar refractivity (Wildman–Crippen MR) is 75.5 cm³/mol. The monoisotopic (exact) mass is 271 g/mol. The van der Waals surface area contributed by atoms with E-state index >= 15 is 0 Å². The molecule has 1 N–H and O–H groups in total. The van der Waals surface area contributed by atoms with Gasteiger partial charge in [-0.05, 0) is 51.9 Å². The quantitative estimate of drug-likeness (QED) is 0.792. The summed E-state index contributed by atoms with van der Waals surface area (Å²) in [5, 5.41) is 19.3. The molecule has 3 rings (SSSR count). The van der Waals surface area contributed by atoms with Gasteiger partial charge in [0.25, 0.3) is 0 Å². The molecule has 0 saturated carbocycles. The van der Waals surface area contributed by atoms with Gasteiger partial charge in [-0.15, -0.1) is 0 Å². The van der Waals surface area contributed by atoms with E-state index in [1.807, 2.05) is 30.3 Å². The Morgan fingerprint density at radius 3 is 2.79 bits per heavy atom. The molecule has 3 aromatic rings. The SMILES string of the molecule is CC(Nc1nnnn1-c1ccccc1)c1ccsc1. The maximum absolute atomic E-state index is 4.04. The fourth-order valence-electron chi connectivity index (χ4n) is 1.82. The van der Waals surface area contributed by atoms with Gasteiger partial charge in [0.2, 0.25) is 5.95 Å². The summed E-state index contributed by atoms with van der Waals surface area (Å²) in [7, 11) is 0. The largest absolute Gasteiger partial charge is 0.346 e. The fourth-order valence-corrected chi connectivity index (χ4v) is 2.57. The van der Waals surface area contributed by atoms with Crippen molar-refractivity contribution >= 4 is 17.3 Å². The first-order chi connectivity index (χ1) is 9.34. The van der Waals surface area contributed by atoms with Crippen LogP contribution in [0, 0.1) is 0 Å². The van der Waals surface area contributed by atoms with E-state index in [2.05, 4.69) is 44.6 Å². The van der Waals surface area contributed by atoms with E-state index in [-0.39, 0.29) is 6.04 Å². The molecule has 0 fully saturated rings. The Hall–Kier alpha value is -2.21. The van der Waals surface area contributed by atoms with E-state index in [9.17, 15) is 0 Å². The van der Waals surface area contributed by atoms with Crippen molar-refractivity contribution in [1.82, 2.24) is 20.2 Å². The van der Waals surface area contributed by atoms with Crippen molar-refractivity contribution in [2.24, 2.45) is 0 Å². The van der Waals surface area contributed by atoms with Crippen LogP contribution >= 0.6 is 11.3 Å². The Morgan fingerprint density at radius 1 is 1.21 bits per heavy atom. The van der Waals surface area contributed by atoms with Crippen LogP contribution in [0.15, 0.2) is 47.2 Å². The van der Waals surface area contributed by atoms with Crippen LogP contribution in [0.4, 0.5) is 5.95 Å². The lowest BCUT2D eigenvalue weighted by Crippen LogP contribution is -2.11.